The van der Waals surface area contributed by atoms with Crippen LogP contribution in [-0.2, 0) is 11.3 Å². The molecule has 0 saturated carbocycles. The Morgan fingerprint density at radius 3 is 2.17 bits per heavy atom. The molecule has 3 aromatic rings. The molecule has 2 N–H and O–H groups in total. The van der Waals surface area contributed by atoms with E-state index in [1.165, 1.54) is 36.4 Å². The highest BCUT2D eigenvalue weighted by Gasteiger charge is 2.10. The minimum absolute atomic E-state index is 0.00878. The van der Waals surface area contributed by atoms with Gasteiger partial charge in [0.15, 0.2) is 18.2 Å². The predicted octanol–water partition coefficient (Wildman–Crippen LogP) is 4.99. The Hall–Kier alpha value is -3.55. The minimum Gasteiger partial charge on any atom is -0.482 e. The van der Waals surface area contributed by atoms with Gasteiger partial charge in [0.1, 0.15) is 17.4 Å². The number of carboxylic acid groups (broad SMARTS) is 1. The SMILES string of the molecule is O=C(O)COc1ccc(F)c(NCc2cc(-c3ccc(F)c(F)c3)ccc2F)c1. The van der Waals surface area contributed by atoms with Crippen molar-refractivity contribution in [2.24, 2.45) is 0 Å². The highest BCUT2D eigenvalue weighted by Crippen LogP contribution is 2.26. The van der Waals surface area contributed by atoms with Crippen LogP contribution in [0.3, 0.4) is 0 Å². The average Bonchev–Trinajstić information content (AvgIpc) is 2.69. The van der Waals surface area contributed by atoms with Crippen LogP contribution in [0, 0.1) is 23.3 Å². The zero-order valence-electron chi connectivity index (χ0n) is 14.9. The number of hydrogen-bond donors (Lipinski definition) is 2. The molecule has 8 heteroatoms. The maximum atomic E-state index is 14.2. The molecule has 150 valence electrons. The third kappa shape index (κ3) is 5.04. The monoisotopic (exact) mass is 405 g/mol. The second-order valence-electron chi connectivity index (χ2n) is 6.11. The van der Waals surface area contributed by atoms with E-state index in [9.17, 15) is 22.4 Å². The van der Waals surface area contributed by atoms with E-state index in [-0.39, 0.29) is 23.5 Å². The molecule has 0 bridgehead atoms. The second-order valence-corrected chi connectivity index (χ2v) is 6.11. The molecule has 4 nitrogen and oxygen atoms in total. The molecule has 0 unspecified atom stereocenters. The van der Waals surface area contributed by atoms with Gasteiger partial charge in [-0.3, -0.25) is 0 Å². The van der Waals surface area contributed by atoms with E-state index in [1.54, 1.807) is 0 Å². The van der Waals surface area contributed by atoms with E-state index in [4.69, 9.17) is 9.84 Å². The van der Waals surface area contributed by atoms with Gasteiger partial charge in [0.05, 0.1) is 5.69 Å². The molecule has 0 saturated heterocycles. The largest absolute Gasteiger partial charge is 0.482 e. The first-order chi connectivity index (χ1) is 13.8. The van der Waals surface area contributed by atoms with Crippen molar-refractivity contribution in [1.29, 1.82) is 0 Å². The normalized spacial score (nSPS) is 10.6. The molecule has 0 aliphatic heterocycles. The van der Waals surface area contributed by atoms with Crippen LogP contribution in [0.5, 0.6) is 5.75 Å². The number of hydrogen-bond acceptors (Lipinski definition) is 3. The number of halogens is 4. The molecule has 0 atom stereocenters. The first kappa shape index (κ1) is 20.2. The van der Waals surface area contributed by atoms with Gasteiger partial charge in [0, 0.05) is 18.2 Å². The fraction of sp³-hybridized carbons (Fsp3) is 0.0952. The fourth-order valence-corrected chi connectivity index (χ4v) is 2.63. The Bertz CT molecular complexity index is 1060. The van der Waals surface area contributed by atoms with Gasteiger partial charge in [-0.2, -0.15) is 0 Å². The molecule has 3 aromatic carbocycles. The standard InChI is InChI=1S/C21H15F4NO3/c22-16-4-1-12(13-2-5-17(23)19(25)8-13)7-14(16)10-26-20-9-15(3-6-18(20)24)29-11-21(27)28/h1-9,26H,10-11H2,(H,27,28). The maximum absolute atomic E-state index is 14.2. The van der Waals surface area contributed by atoms with Crippen molar-refractivity contribution in [2.45, 2.75) is 6.54 Å². The molecule has 0 heterocycles. The van der Waals surface area contributed by atoms with Crippen LogP contribution in [0.4, 0.5) is 23.2 Å². The van der Waals surface area contributed by atoms with Crippen LogP contribution in [0.15, 0.2) is 54.6 Å². The highest BCUT2D eigenvalue weighted by atomic mass is 19.2. The summed E-state index contributed by atoms with van der Waals surface area (Å²) in [5.74, 6) is -4.26. The van der Waals surface area contributed by atoms with Crippen LogP contribution in [-0.4, -0.2) is 17.7 Å². The Morgan fingerprint density at radius 2 is 1.48 bits per heavy atom. The number of carboxylic acids is 1. The first-order valence-electron chi connectivity index (χ1n) is 8.45. The van der Waals surface area contributed by atoms with E-state index in [0.29, 0.717) is 11.1 Å². The molecule has 0 aromatic heterocycles. The van der Waals surface area contributed by atoms with Crippen molar-refractivity contribution < 1.29 is 32.2 Å². The molecular formula is C21H15F4NO3. The highest BCUT2D eigenvalue weighted by molar-refractivity contribution is 5.68. The number of carbonyl (C=O) groups is 1. The number of anilines is 1. The molecular weight excluding hydrogens is 390 g/mol. The molecule has 0 amide bonds. The number of nitrogens with one attached hydrogen (secondary N) is 1. The maximum Gasteiger partial charge on any atom is 0.341 e. The number of aliphatic carboxylic acids is 1. The van der Waals surface area contributed by atoms with Crippen LogP contribution in [0.2, 0.25) is 0 Å². The van der Waals surface area contributed by atoms with Crippen LogP contribution in [0.1, 0.15) is 5.56 Å². The first-order valence-corrected chi connectivity index (χ1v) is 8.45. The lowest BCUT2D eigenvalue weighted by atomic mass is 10.0. The van der Waals surface area contributed by atoms with E-state index >= 15 is 0 Å². The van der Waals surface area contributed by atoms with E-state index in [0.717, 1.165) is 18.2 Å². The minimum atomic E-state index is -1.18. The van der Waals surface area contributed by atoms with Crippen LogP contribution < -0.4 is 10.1 Å². The topological polar surface area (TPSA) is 58.6 Å². The zero-order chi connectivity index (χ0) is 21.0. The summed E-state index contributed by atoms with van der Waals surface area (Å²) in [6, 6.07) is 11.0. The van der Waals surface area contributed by atoms with Crippen molar-refractivity contribution in [3.63, 3.8) is 0 Å². The Kier molecular flexibility index (Phi) is 6.01. The van der Waals surface area contributed by atoms with Gasteiger partial charge in [-0.25, -0.2) is 22.4 Å². The van der Waals surface area contributed by atoms with Crippen LogP contribution in [0.25, 0.3) is 11.1 Å². The van der Waals surface area contributed by atoms with Crippen molar-refractivity contribution in [3.8, 4) is 16.9 Å². The average molecular weight is 405 g/mol. The van der Waals surface area contributed by atoms with Gasteiger partial charge < -0.3 is 15.2 Å². The quantitative estimate of drug-likeness (QED) is 0.544. The lowest BCUT2D eigenvalue weighted by molar-refractivity contribution is -0.139. The summed E-state index contributed by atoms with van der Waals surface area (Å²) in [5.41, 5.74) is 0.982. The van der Waals surface area contributed by atoms with Gasteiger partial charge in [0.25, 0.3) is 0 Å². The number of rotatable bonds is 7. The Labute approximate surface area is 163 Å². The van der Waals surface area contributed by atoms with Gasteiger partial charge in [-0.15, -0.1) is 0 Å². The van der Waals surface area contributed by atoms with Gasteiger partial charge in [-0.1, -0.05) is 12.1 Å². The third-order valence-electron chi connectivity index (χ3n) is 4.07. The van der Waals surface area contributed by atoms with Gasteiger partial charge in [-0.05, 0) is 47.5 Å². The lowest BCUT2D eigenvalue weighted by Gasteiger charge is -2.12. The fourth-order valence-electron chi connectivity index (χ4n) is 2.63. The Morgan fingerprint density at radius 1 is 0.828 bits per heavy atom. The summed E-state index contributed by atoms with van der Waals surface area (Å²) >= 11 is 0. The summed E-state index contributed by atoms with van der Waals surface area (Å²) in [6.45, 7) is -0.696. The second kappa shape index (κ2) is 8.64. The molecule has 0 aliphatic rings. The molecule has 0 fully saturated rings. The van der Waals surface area contributed by atoms with Crippen LogP contribution >= 0.6 is 0 Å². The van der Waals surface area contributed by atoms with Crippen molar-refractivity contribution in [2.75, 3.05) is 11.9 Å². The summed E-state index contributed by atoms with van der Waals surface area (Å²) in [4.78, 5) is 10.6. The smallest absolute Gasteiger partial charge is 0.341 e. The number of benzene rings is 3. The molecule has 29 heavy (non-hydrogen) atoms. The zero-order valence-corrected chi connectivity index (χ0v) is 14.9. The van der Waals surface area contributed by atoms with Crippen molar-refractivity contribution in [3.05, 3.63) is 83.4 Å². The third-order valence-corrected chi connectivity index (χ3v) is 4.07. The molecule has 0 aliphatic carbocycles. The predicted molar refractivity (Wildman–Crippen MR) is 98.6 cm³/mol. The van der Waals surface area contributed by atoms with E-state index < -0.39 is 35.8 Å². The van der Waals surface area contributed by atoms with Crippen molar-refractivity contribution in [1.82, 2.24) is 0 Å². The van der Waals surface area contributed by atoms with E-state index in [1.807, 2.05) is 0 Å². The Balaban J connectivity index is 1.79. The van der Waals surface area contributed by atoms with Gasteiger partial charge in [0.2, 0.25) is 0 Å². The lowest BCUT2D eigenvalue weighted by Crippen LogP contribution is -2.10. The van der Waals surface area contributed by atoms with E-state index in [2.05, 4.69) is 5.32 Å². The molecule has 3 rings (SSSR count). The van der Waals surface area contributed by atoms with Gasteiger partial charge >= 0.3 is 5.97 Å². The molecule has 0 spiro atoms. The summed E-state index contributed by atoms with van der Waals surface area (Å²) in [6.07, 6.45) is 0. The summed E-state index contributed by atoms with van der Waals surface area (Å²) < 4.78 is 59.7. The number of ether oxygens (including phenoxy) is 1. The summed E-state index contributed by atoms with van der Waals surface area (Å²) in [7, 11) is 0. The molecule has 0 radical (unpaired) electrons. The summed E-state index contributed by atoms with van der Waals surface area (Å²) in [5, 5.41) is 11.4. The van der Waals surface area contributed by atoms with Crippen molar-refractivity contribution >= 4 is 11.7 Å².